The molecule has 6 nitrogen and oxygen atoms in total. The largest absolute Gasteiger partial charge is 0.416 e. The van der Waals surface area contributed by atoms with E-state index in [0.29, 0.717) is 23.3 Å². The van der Waals surface area contributed by atoms with E-state index in [4.69, 9.17) is 4.52 Å². The van der Waals surface area contributed by atoms with Crippen LogP contribution in [0.3, 0.4) is 0 Å². The Morgan fingerprint density at radius 2 is 1.77 bits per heavy atom. The Bertz CT molecular complexity index is 1140. The van der Waals surface area contributed by atoms with Gasteiger partial charge in [-0.2, -0.15) is 18.2 Å². The van der Waals surface area contributed by atoms with Crippen molar-refractivity contribution >= 4 is 11.8 Å². The summed E-state index contributed by atoms with van der Waals surface area (Å²) in [6.07, 6.45) is -4.43. The van der Waals surface area contributed by atoms with Crippen molar-refractivity contribution in [1.29, 1.82) is 0 Å². The molecule has 2 aromatic heterocycles. The molecule has 4 aromatic rings. The van der Waals surface area contributed by atoms with Crippen LogP contribution in [0.4, 0.5) is 13.2 Å². The Morgan fingerprint density at radius 3 is 2.50 bits per heavy atom. The van der Waals surface area contributed by atoms with Crippen molar-refractivity contribution in [3.05, 3.63) is 66.1 Å². The molecule has 0 bridgehead atoms. The van der Waals surface area contributed by atoms with Gasteiger partial charge in [0.15, 0.2) is 11.0 Å². The average Bonchev–Trinajstić information content (AvgIpc) is 3.39. The summed E-state index contributed by atoms with van der Waals surface area (Å²) in [5.74, 6) is 1.48. The van der Waals surface area contributed by atoms with Crippen LogP contribution < -0.4 is 0 Å². The molecule has 4 rings (SSSR count). The van der Waals surface area contributed by atoms with Crippen LogP contribution in [0, 0.1) is 0 Å². The van der Waals surface area contributed by atoms with Gasteiger partial charge < -0.3 is 9.09 Å². The molecule has 154 valence electrons. The normalized spacial score (nSPS) is 11.7. The number of alkyl halides is 3. The first-order valence-corrected chi connectivity index (χ1v) is 10.1. The van der Waals surface area contributed by atoms with Gasteiger partial charge in [-0.15, -0.1) is 10.2 Å². The minimum atomic E-state index is -4.43. The fraction of sp³-hybridized carbons (Fsp3) is 0.200. The first-order valence-electron chi connectivity index (χ1n) is 9.07. The number of aromatic nitrogens is 5. The predicted molar refractivity (Wildman–Crippen MR) is 105 cm³/mol. The van der Waals surface area contributed by atoms with Crippen molar-refractivity contribution in [2.75, 3.05) is 0 Å². The number of rotatable bonds is 6. The van der Waals surface area contributed by atoms with Crippen LogP contribution in [-0.2, 0) is 18.5 Å². The lowest BCUT2D eigenvalue weighted by Crippen LogP contribution is -2.04. The third-order valence-electron chi connectivity index (χ3n) is 4.31. The fourth-order valence-corrected chi connectivity index (χ4v) is 3.71. The van der Waals surface area contributed by atoms with Crippen molar-refractivity contribution in [2.24, 2.45) is 0 Å². The Balaban J connectivity index is 1.50. The van der Waals surface area contributed by atoms with Crippen molar-refractivity contribution in [2.45, 2.75) is 30.6 Å². The molecule has 30 heavy (non-hydrogen) atoms. The van der Waals surface area contributed by atoms with Crippen molar-refractivity contribution in [1.82, 2.24) is 24.9 Å². The summed E-state index contributed by atoms with van der Waals surface area (Å²) in [4.78, 5) is 4.22. The minimum absolute atomic E-state index is 0.110. The number of hydrogen-bond acceptors (Lipinski definition) is 6. The van der Waals surface area contributed by atoms with Gasteiger partial charge in [-0.1, -0.05) is 59.4 Å². The van der Waals surface area contributed by atoms with Gasteiger partial charge >= 0.3 is 6.18 Å². The molecule has 0 saturated carbocycles. The third kappa shape index (κ3) is 4.23. The average molecular weight is 431 g/mol. The second-order valence-electron chi connectivity index (χ2n) is 6.30. The molecule has 0 radical (unpaired) electrons. The van der Waals surface area contributed by atoms with Gasteiger partial charge in [0.25, 0.3) is 0 Å². The second-order valence-corrected chi connectivity index (χ2v) is 7.24. The number of benzene rings is 2. The van der Waals surface area contributed by atoms with Crippen molar-refractivity contribution in [3.63, 3.8) is 0 Å². The van der Waals surface area contributed by atoms with Crippen LogP contribution >= 0.6 is 11.8 Å². The predicted octanol–water partition coefficient (Wildman–Crippen LogP) is 5.33. The molecule has 0 saturated heterocycles. The quantitative estimate of drug-likeness (QED) is 0.385. The topological polar surface area (TPSA) is 69.6 Å². The molecule has 2 aromatic carbocycles. The lowest BCUT2D eigenvalue weighted by molar-refractivity contribution is -0.137. The molecule has 0 aliphatic heterocycles. The minimum Gasteiger partial charge on any atom is -0.338 e. The number of thioether (sulfide) groups is 1. The van der Waals surface area contributed by atoms with Gasteiger partial charge in [-0.3, -0.25) is 0 Å². The first-order chi connectivity index (χ1) is 14.5. The second kappa shape index (κ2) is 8.31. The zero-order valence-corrected chi connectivity index (χ0v) is 16.6. The molecule has 0 aliphatic carbocycles. The summed E-state index contributed by atoms with van der Waals surface area (Å²) < 4.78 is 45.9. The molecule has 0 aliphatic rings. The standard InChI is InChI=1S/C20H16F3N5OS/c1-2-28-18(13-7-4-3-5-8-13)25-26-19(28)30-12-16-24-17(27-29-16)14-9-6-10-15(11-14)20(21,22)23/h3-11H,2,12H2,1H3. The lowest BCUT2D eigenvalue weighted by Gasteiger charge is -2.06. The van der Waals surface area contributed by atoms with Crippen molar-refractivity contribution in [3.8, 4) is 22.8 Å². The van der Waals surface area contributed by atoms with E-state index in [1.165, 1.54) is 23.9 Å². The van der Waals surface area contributed by atoms with Crippen LogP contribution in [0.1, 0.15) is 18.4 Å². The summed E-state index contributed by atoms with van der Waals surface area (Å²) in [6.45, 7) is 2.68. The first kappa shape index (κ1) is 20.1. The summed E-state index contributed by atoms with van der Waals surface area (Å²) in [5.41, 5.74) is 0.446. The summed E-state index contributed by atoms with van der Waals surface area (Å²) in [5, 5.41) is 13.0. The number of nitrogens with zero attached hydrogens (tertiary/aromatic N) is 5. The van der Waals surface area contributed by atoms with Gasteiger partial charge in [0.05, 0.1) is 11.3 Å². The number of hydrogen-bond donors (Lipinski definition) is 0. The molecule has 0 atom stereocenters. The Labute approximate surface area is 174 Å². The van der Waals surface area contributed by atoms with Gasteiger partial charge in [-0.05, 0) is 19.1 Å². The zero-order valence-electron chi connectivity index (χ0n) is 15.8. The Kier molecular flexibility index (Phi) is 5.58. The molecule has 0 fully saturated rings. The van der Waals surface area contributed by atoms with Crippen molar-refractivity contribution < 1.29 is 17.7 Å². The SMILES string of the molecule is CCn1c(SCc2nc(-c3cccc(C(F)(F)F)c3)no2)nnc1-c1ccccc1. The molecule has 0 unspecified atom stereocenters. The smallest absolute Gasteiger partial charge is 0.338 e. The summed E-state index contributed by atoms with van der Waals surface area (Å²) in [6, 6.07) is 14.6. The highest BCUT2D eigenvalue weighted by Crippen LogP contribution is 2.32. The fourth-order valence-electron chi connectivity index (χ4n) is 2.87. The van der Waals surface area contributed by atoms with E-state index in [2.05, 4.69) is 20.3 Å². The highest BCUT2D eigenvalue weighted by atomic mass is 32.2. The maximum Gasteiger partial charge on any atom is 0.416 e. The van der Waals surface area contributed by atoms with E-state index in [-0.39, 0.29) is 11.4 Å². The van der Waals surface area contributed by atoms with Gasteiger partial charge in [-0.25, -0.2) is 0 Å². The molecule has 0 amide bonds. The summed E-state index contributed by atoms with van der Waals surface area (Å²) >= 11 is 1.37. The lowest BCUT2D eigenvalue weighted by atomic mass is 10.1. The highest BCUT2D eigenvalue weighted by molar-refractivity contribution is 7.98. The Hall–Kier alpha value is -3.14. The van der Waals surface area contributed by atoms with Crippen LogP contribution in [-0.4, -0.2) is 24.9 Å². The number of halogens is 3. The molecular formula is C20H16F3N5OS. The molecule has 10 heteroatoms. The van der Waals surface area contributed by atoms with E-state index in [1.807, 2.05) is 41.8 Å². The maximum absolute atomic E-state index is 12.9. The maximum atomic E-state index is 12.9. The molecule has 2 heterocycles. The van der Waals surface area contributed by atoms with E-state index < -0.39 is 11.7 Å². The summed E-state index contributed by atoms with van der Waals surface area (Å²) in [7, 11) is 0. The van der Waals surface area contributed by atoms with Crippen LogP contribution in [0.2, 0.25) is 0 Å². The highest BCUT2D eigenvalue weighted by Gasteiger charge is 2.30. The Morgan fingerprint density at radius 1 is 1.00 bits per heavy atom. The molecule has 0 spiro atoms. The molecular weight excluding hydrogens is 415 g/mol. The van der Waals surface area contributed by atoms with E-state index >= 15 is 0 Å². The van der Waals surface area contributed by atoms with Crippen LogP contribution in [0.5, 0.6) is 0 Å². The zero-order chi connectivity index (χ0) is 21.1. The van der Waals surface area contributed by atoms with Crippen LogP contribution in [0.15, 0.2) is 64.3 Å². The van der Waals surface area contributed by atoms with Gasteiger partial charge in [0.1, 0.15) is 0 Å². The van der Waals surface area contributed by atoms with Crippen LogP contribution in [0.25, 0.3) is 22.8 Å². The van der Waals surface area contributed by atoms with Gasteiger partial charge in [0.2, 0.25) is 11.7 Å². The van der Waals surface area contributed by atoms with E-state index in [0.717, 1.165) is 23.5 Å². The monoisotopic (exact) mass is 431 g/mol. The third-order valence-corrected chi connectivity index (χ3v) is 5.26. The molecule has 0 N–H and O–H groups in total. The van der Waals surface area contributed by atoms with Gasteiger partial charge in [0, 0.05) is 17.7 Å². The van der Waals surface area contributed by atoms with E-state index in [1.54, 1.807) is 0 Å². The van der Waals surface area contributed by atoms with E-state index in [9.17, 15) is 13.2 Å².